The van der Waals surface area contributed by atoms with Crippen molar-refractivity contribution in [3.05, 3.63) is 303 Å². The third-order valence-electron chi connectivity index (χ3n) is 10.4. The zero-order chi connectivity index (χ0) is 50.1. The first-order valence-electron chi connectivity index (χ1n) is 23.3. The molecule has 0 saturated heterocycles. The van der Waals surface area contributed by atoms with Gasteiger partial charge in [0.05, 0.1) is 6.66 Å². The Morgan fingerprint density at radius 3 is 0.750 bits per heavy atom. The maximum absolute atomic E-state index is 13.8. The Bertz CT molecular complexity index is 2850. The van der Waals surface area contributed by atoms with Crippen molar-refractivity contribution in [1.29, 1.82) is 0 Å². The summed E-state index contributed by atoms with van der Waals surface area (Å²) in [6.07, 6.45) is 0. The molecule has 0 aliphatic carbocycles. The van der Waals surface area contributed by atoms with Gasteiger partial charge in [-0.2, -0.15) is 0 Å². The first-order valence-corrected chi connectivity index (χ1v) is 29.9. The molecule has 0 unspecified atom stereocenters. The highest BCUT2D eigenvalue weighted by molar-refractivity contribution is 7.85. The van der Waals surface area contributed by atoms with E-state index in [-0.39, 0.29) is 0 Å². The van der Waals surface area contributed by atoms with Gasteiger partial charge in [0.15, 0.2) is 7.14 Å². The number of benzene rings is 10. The van der Waals surface area contributed by atoms with Gasteiger partial charge in [-0.1, -0.05) is 255 Å². The quantitative estimate of drug-likeness (QED) is 0.101. The standard InChI is InChI=1S/C18H15OP.C18H15P.C13H13O3P.C13H13O2P/c19-20(16-10-4-1-5-11-16,17-12-6-2-7-13-17)18-14-8-3-9-15-18;1-4-10-16(11-5-1)19(17-12-6-2-7-13-17)18-14-8-3-9-15-18;1-17(14,15-12-8-4-2-5-9-12)16-13-10-6-3-7-11-13;1-16(14-12-8-4-2-5-9-12)15-13-10-6-3-7-11-13/h1-15H;1-15H;2-11H,1H3;2-11H,1H3. The normalized spacial score (nSPS) is 10.7. The van der Waals surface area contributed by atoms with Gasteiger partial charge in [0.1, 0.15) is 23.0 Å². The molecule has 0 heterocycles. The molecule has 0 atom stereocenters. The van der Waals surface area contributed by atoms with E-state index >= 15 is 0 Å². The van der Waals surface area contributed by atoms with Gasteiger partial charge in [-0.25, -0.2) is 4.57 Å². The van der Waals surface area contributed by atoms with Crippen molar-refractivity contribution >= 4 is 62.9 Å². The Morgan fingerprint density at radius 1 is 0.292 bits per heavy atom. The monoisotopic (exact) mass is 1020 g/mol. The number of para-hydroxylation sites is 4. The van der Waals surface area contributed by atoms with Crippen LogP contribution >= 0.6 is 31.0 Å². The van der Waals surface area contributed by atoms with Crippen LogP contribution in [0, 0.1) is 0 Å². The minimum absolute atomic E-state index is 0.446. The topological polar surface area (TPSA) is 71.1 Å². The maximum atomic E-state index is 13.8. The highest BCUT2D eigenvalue weighted by Crippen LogP contribution is 2.45. The fourth-order valence-electron chi connectivity index (χ4n) is 7.18. The summed E-state index contributed by atoms with van der Waals surface area (Å²) in [5, 5.41) is 6.81. The number of rotatable bonds is 14. The molecule has 0 aromatic heterocycles. The first kappa shape index (κ1) is 52.5. The maximum Gasteiger partial charge on any atom is 0.427 e. The zero-order valence-electron chi connectivity index (χ0n) is 40.1. The summed E-state index contributed by atoms with van der Waals surface area (Å²) in [6.45, 7) is 3.39. The largest absolute Gasteiger partial charge is 0.439 e. The molecule has 6 nitrogen and oxygen atoms in total. The Balaban J connectivity index is 0.000000141. The van der Waals surface area contributed by atoms with Crippen molar-refractivity contribution < 1.29 is 27.2 Å². The highest BCUT2D eigenvalue weighted by Gasteiger charge is 2.29. The van der Waals surface area contributed by atoms with Crippen molar-refractivity contribution in [1.82, 2.24) is 0 Å². The van der Waals surface area contributed by atoms with Crippen LogP contribution in [0.2, 0.25) is 0 Å². The molecule has 0 aliphatic rings. The van der Waals surface area contributed by atoms with Crippen LogP contribution in [-0.4, -0.2) is 13.3 Å². The smallest absolute Gasteiger partial charge is 0.427 e. The number of hydrogen-bond donors (Lipinski definition) is 0. The molecule has 72 heavy (non-hydrogen) atoms. The second kappa shape index (κ2) is 27.9. The summed E-state index contributed by atoms with van der Waals surface area (Å²) in [5.74, 6) is 2.75. The summed E-state index contributed by atoms with van der Waals surface area (Å²) >= 11 is 0. The minimum atomic E-state index is -3.14. The molecule has 0 radical (unpaired) electrons. The van der Waals surface area contributed by atoms with Gasteiger partial charge in [-0.15, -0.1) is 0 Å². The average molecular weight is 1020 g/mol. The van der Waals surface area contributed by atoms with Crippen molar-refractivity contribution in [2.75, 3.05) is 13.3 Å². The lowest BCUT2D eigenvalue weighted by molar-refractivity contribution is 0.393. The third-order valence-corrected chi connectivity index (χ3v) is 17.9. The molecule has 10 aromatic carbocycles. The average Bonchev–Trinajstić information content (AvgIpc) is 3.44. The second-order valence-corrected chi connectivity index (χ2v) is 23.9. The molecule has 10 aromatic rings. The van der Waals surface area contributed by atoms with Gasteiger partial charge in [-0.05, 0) is 72.4 Å². The van der Waals surface area contributed by atoms with Crippen molar-refractivity contribution in [3.63, 3.8) is 0 Å². The van der Waals surface area contributed by atoms with E-state index in [1.165, 1.54) is 22.6 Å². The summed E-state index contributed by atoms with van der Waals surface area (Å²) < 4.78 is 47.9. The van der Waals surface area contributed by atoms with Crippen LogP contribution in [0.25, 0.3) is 0 Å². The van der Waals surface area contributed by atoms with Crippen LogP contribution in [-0.2, 0) is 9.13 Å². The molecule has 0 amide bonds. The Kier molecular flexibility index (Phi) is 20.4. The van der Waals surface area contributed by atoms with E-state index in [1.807, 2.05) is 195 Å². The predicted molar refractivity (Wildman–Crippen MR) is 306 cm³/mol. The predicted octanol–water partition coefficient (Wildman–Crippen LogP) is 14.8. The summed E-state index contributed by atoms with van der Waals surface area (Å²) in [7, 11) is -7.29. The van der Waals surface area contributed by atoms with E-state index < -0.39 is 31.0 Å². The molecular formula is C62H56O6P4. The van der Waals surface area contributed by atoms with Gasteiger partial charge in [-0.3, -0.25) is 0 Å². The van der Waals surface area contributed by atoms with E-state index in [0.29, 0.717) is 11.5 Å². The van der Waals surface area contributed by atoms with Crippen LogP contribution in [0.1, 0.15) is 0 Å². The van der Waals surface area contributed by atoms with Crippen LogP contribution < -0.4 is 49.9 Å². The lowest BCUT2D eigenvalue weighted by Crippen LogP contribution is -2.24. The van der Waals surface area contributed by atoms with Gasteiger partial charge in [0.25, 0.3) is 8.38 Å². The van der Waals surface area contributed by atoms with Crippen LogP contribution in [0.4, 0.5) is 0 Å². The SMILES string of the molecule is CP(=O)(Oc1ccccc1)Oc1ccccc1.CP(Oc1ccccc1)Oc1ccccc1.O=P(c1ccccc1)(c1ccccc1)c1ccccc1.c1ccc(P(c2ccccc2)c2ccccc2)cc1. The lowest BCUT2D eigenvalue weighted by Gasteiger charge is -2.19. The lowest BCUT2D eigenvalue weighted by atomic mass is 10.3. The van der Waals surface area contributed by atoms with Crippen molar-refractivity contribution in [3.8, 4) is 23.0 Å². The molecular weight excluding hydrogens is 965 g/mol. The molecule has 0 fully saturated rings. The van der Waals surface area contributed by atoms with E-state index in [1.54, 1.807) is 24.3 Å². The van der Waals surface area contributed by atoms with Crippen LogP contribution in [0.3, 0.4) is 0 Å². The van der Waals surface area contributed by atoms with E-state index in [0.717, 1.165) is 27.4 Å². The molecule has 0 N–H and O–H groups in total. The van der Waals surface area contributed by atoms with Crippen LogP contribution in [0.15, 0.2) is 303 Å². The second-order valence-electron chi connectivity index (χ2n) is 15.8. The van der Waals surface area contributed by atoms with Gasteiger partial charge in [0, 0.05) is 22.6 Å². The molecule has 0 aliphatic heterocycles. The Labute approximate surface area is 427 Å². The fourth-order valence-corrected chi connectivity index (χ4v) is 14.1. The molecule has 0 saturated carbocycles. The molecule has 10 rings (SSSR count). The third kappa shape index (κ3) is 16.4. The molecule has 0 spiro atoms. The first-order chi connectivity index (χ1) is 35.3. The minimum Gasteiger partial charge on any atom is -0.439 e. The van der Waals surface area contributed by atoms with Crippen LogP contribution in [0.5, 0.6) is 23.0 Å². The van der Waals surface area contributed by atoms with Crippen molar-refractivity contribution in [2.45, 2.75) is 0 Å². The summed E-state index contributed by atoms with van der Waals surface area (Å²) in [5.41, 5.74) is 0. The van der Waals surface area contributed by atoms with Gasteiger partial charge in [0.2, 0.25) is 0 Å². The zero-order valence-corrected chi connectivity index (χ0v) is 43.7. The van der Waals surface area contributed by atoms with Crippen molar-refractivity contribution in [2.24, 2.45) is 0 Å². The van der Waals surface area contributed by atoms with Gasteiger partial charge < -0.3 is 22.7 Å². The highest BCUT2D eigenvalue weighted by atomic mass is 31.2. The van der Waals surface area contributed by atoms with E-state index in [2.05, 4.69) is 91.0 Å². The Morgan fingerprint density at radius 2 is 0.500 bits per heavy atom. The molecule has 360 valence electrons. The summed E-state index contributed by atoms with van der Waals surface area (Å²) in [6, 6.07) is 98.8. The Hall–Kier alpha value is -7.28. The van der Waals surface area contributed by atoms with E-state index in [4.69, 9.17) is 18.1 Å². The number of hydrogen-bond acceptors (Lipinski definition) is 6. The summed E-state index contributed by atoms with van der Waals surface area (Å²) in [4.78, 5) is 0. The molecule has 10 heteroatoms. The molecule has 0 bridgehead atoms. The van der Waals surface area contributed by atoms with E-state index in [9.17, 15) is 9.13 Å². The van der Waals surface area contributed by atoms with Gasteiger partial charge >= 0.3 is 7.60 Å². The fraction of sp³-hybridized carbons (Fsp3) is 0.0323.